The van der Waals surface area contributed by atoms with Crippen LogP contribution < -0.4 is 5.14 Å². The number of H-pyrrole nitrogens is 1. The Kier molecular flexibility index (Phi) is 5.01. The van der Waals surface area contributed by atoms with Crippen LogP contribution in [0.5, 0.6) is 0 Å². The van der Waals surface area contributed by atoms with Crippen molar-refractivity contribution in [2.24, 2.45) is 5.14 Å². The Morgan fingerprint density at radius 3 is 2.13 bits per heavy atom. The van der Waals surface area contributed by atoms with Gasteiger partial charge < -0.3 is 0 Å². The standard InChI is InChI=1S/C23H22N4O2S/c1-14-11-19(22-16(3)26-27-23(22)17-7-9-25-10-8-17)12-15(2)21(14)18-5-4-6-20(13-18)30(24,28)29/h4-13H,1-3H3,(H,26,27)(H2,24,28,29). The highest BCUT2D eigenvalue weighted by molar-refractivity contribution is 7.89. The minimum atomic E-state index is -3.76. The zero-order chi connectivity index (χ0) is 21.5. The molecule has 0 fully saturated rings. The lowest BCUT2D eigenvalue weighted by Gasteiger charge is -2.15. The maximum absolute atomic E-state index is 11.8. The van der Waals surface area contributed by atoms with E-state index in [4.69, 9.17) is 5.14 Å². The first kappa shape index (κ1) is 20.0. The Morgan fingerprint density at radius 1 is 0.833 bits per heavy atom. The molecule has 6 nitrogen and oxygen atoms in total. The Bertz CT molecular complexity index is 1320. The number of primary sulfonamides is 1. The van der Waals surface area contributed by atoms with Crippen LogP contribution in [-0.4, -0.2) is 23.6 Å². The van der Waals surface area contributed by atoms with Gasteiger partial charge in [-0.2, -0.15) is 5.10 Å². The van der Waals surface area contributed by atoms with Crippen molar-refractivity contribution in [3.05, 3.63) is 77.7 Å². The lowest BCUT2D eigenvalue weighted by molar-refractivity contribution is 0.598. The van der Waals surface area contributed by atoms with E-state index in [1.54, 1.807) is 24.5 Å². The van der Waals surface area contributed by atoms with E-state index in [9.17, 15) is 8.42 Å². The van der Waals surface area contributed by atoms with Gasteiger partial charge in [0.1, 0.15) is 5.69 Å². The predicted octanol–water partition coefficient (Wildman–Crippen LogP) is 4.38. The lowest BCUT2D eigenvalue weighted by atomic mass is 9.90. The average molecular weight is 419 g/mol. The molecule has 7 heteroatoms. The molecule has 0 aliphatic carbocycles. The van der Waals surface area contributed by atoms with Gasteiger partial charge in [0.25, 0.3) is 0 Å². The number of sulfonamides is 1. The number of nitrogens with two attached hydrogens (primary N) is 1. The molecule has 0 aliphatic heterocycles. The number of hydrogen-bond acceptors (Lipinski definition) is 4. The minimum Gasteiger partial charge on any atom is -0.282 e. The van der Waals surface area contributed by atoms with Gasteiger partial charge in [-0.05, 0) is 72.9 Å². The third kappa shape index (κ3) is 3.65. The Labute approximate surface area is 175 Å². The van der Waals surface area contributed by atoms with Crippen molar-refractivity contribution in [1.82, 2.24) is 15.2 Å². The molecular weight excluding hydrogens is 396 g/mol. The van der Waals surface area contributed by atoms with E-state index in [0.29, 0.717) is 0 Å². The Balaban J connectivity index is 1.86. The van der Waals surface area contributed by atoms with Crippen molar-refractivity contribution in [2.45, 2.75) is 25.7 Å². The van der Waals surface area contributed by atoms with Crippen LogP contribution in [0.15, 0.2) is 65.8 Å². The molecule has 0 radical (unpaired) electrons. The van der Waals surface area contributed by atoms with E-state index in [1.165, 1.54) is 6.07 Å². The van der Waals surface area contributed by atoms with Crippen LogP contribution >= 0.6 is 0 Å². The first-order valence-corrected chi connectivity index (χ1v) is 11.0. The van der Waals surface area contributed by atoms with Crippen LogP contribution in [0.4, 0.5) is 0 Å². The number of benzene rings is 2. The van der Waals surface area contributed by atoms with Crippen LogP contribution in [0, 0.1) is 20.8 Å². The van der Waals surface area contributed by atoms with Crippen molar-refractivity contribution in [2.75, 3.05) is 0 Å². The Hall–Kier alpha value is -3.29. The van der Waals surface area contributed by atoms with Gasteiger partial charge in [0, 0.05) is 29.2 Å². The number of aromatic amines is 1. The molecule has 0 atom stereocenters. The molecule has 0 aliphatic rings. The summed E-state index contributed by atoms with van der Waals surface area (Å²) in [5, 5.41) is 12.9. The highest BCUT2D eigenvalue weighted by Gasteiger charge is 2.18. The van der Waals surface area contributed by atoms with Crippen molar-refractivity contribution in [3.63, 3.8) is 0 Å². The van der Waals surface area contributed by atoms with Gasteiger partial charge in [-0.15, -0.1) is 0 Å². The van der Waals surface area contributed by atoms with Crippen LogP contribution in [0.3, 0.4) is 0 Å². The summed E-state index contributed by atoms with van der Waals surface area (Å²) in [6.45, 7) is 6.05. The fraction of sp³-hybridized carbons (Fsp3) is 0.130. The van der Waals surface area contributed by atoms with Crippen LogP contribution in [-0.2, 0) is 10.0 Å². The second-order valence-corrected chi connectivity index (χ2v) is 8.93. The first-order valence-electron chi connectivity index (χ1n) is 9.46. The fourth-order valence-corrected chi connectivity index (χ4v) is 4.45. The second kappa shape index (κ2) is 7.51. The maximum atomic E-state index is 11.8. The lowest BCUT2D eigenvalue weighted by Crippen LogP contribution is -2.12. The van der Waals surface area contributed by atoms with E-state index in [1.807, 2.05) is 39.0 Å². The summed E-state index contributed by atoms with van der Waals surface area (Å²) in [5.41, 5.74) is 8.83. The summed E-state index contributed by atoms with van der Waals surface area (Å²) in [5.74, 6) is 0. The summed E-state index contributed by atoms with van der Waals surface area (Å²) < 4.78 is 23.5. The van der Waals surface area contributed by atoms with Gasteiger partial charge >= 0.3 is 0 Å². The second-order valence-electron chi connectivity index (χ2n) is 7.37. The number of hydrogen-bond donors (Lipinski definition) is 2. The molecule has 3 N–H and O–H groups in total. The van der Waals surface area contributed by atoms with Crippen LogP contribution in [0.1, 0.15) is 16.8 Å². The van der Waals surface area contributed by atoms with Crippen molar-refractivity contribution in [3.8, 4) is 33.5 Å². The van der Waals surface area contributed by atoms with Crippen molar-refractivity contribution >= 4 is 10.0 Å². The first-order chi connectivity index (χ1) is 14.3. The summed E-state index contributed by atoms with van der Waals surface area (Å²) >= 11 is 0. The van der Waals surface area contributed by atoms with Gasteiger partial charge in [-0.1, -0.05) is 24.3 Å². The molecule has 0 bridgehead atoms. The van der Waals surface area contributed by atoms with E-state index in [2.05, 4.69) is 27.3 Å². The number of nitrogens with one attached hydrogen (secondary N) is 1. The molecule has 2 heterocycles. The molecule has 2 aromatic carbocycles. The summed E-state index contributed by atoms with van der Waals surface area (Å²) in [6.07, 6.45) is 3.50. The van der Waals surface area contributed by atoms with Crippen LogP contribution in [0.2, 0.25) is 0 Å². The molecule has 30 heavy (non-hydrogen) atoms. The largest absolute Gasteiger partial charge is 0.282 e. The summed E-state index contributed by atoms with van der Waals surface area (Å²) in [7, 11) is -3.76. The minimum absolute atomic E-state index is 0.105. The van der Waals surface area contributed by atoms with Gasteiger partial charge in [-0.25, -0.2) is 13.6 Å². The highest BCUT2D eigenvalue weighted by atomic mass is 32.2. The molecule has 4 rings (SSSR count). The summed E-state index contributed by atoms with van der Waals surface area (Å²) in [6, 6.07) is 14.8. The normalized spacial score (nSPS) is 11.6. The molecule has 0 saturated carbocycles. The van der Waals surface area contributed by atoms with Gasteiger partial charge in [0.05, 0.1) is 4.90 Å². The molecule has 2 aromatic heterocycles. The van der Waals surface area contributed by atoms with Crippen molar-refractivity contribution in [1.29, 1.82) is 0 Å². The third-order valence-electron chi connectivity index (χ3n) is 5.17. The van der Waals surface area contributed by atoms with E-state index >= 15 is 0 Å². The predicted molar refractivity (Wildman–Crippen MR) is 118 cm³/mol. The van der Waals surface area contributed by atoms with Crippen molar-refractivity contribution < 1.29 is 8.42 Å². The Morgan fingerprint density at radius 2 is 1.50 bits per heavy atom. The topological polar surface area (TPSA) is 102 Å². The fourth-order valence-electron chi connectivity index (χ4n) is 3.89. The molecule has 0 spiro atoms. The van der Waals surface area contributed by atoms with Gasteiger partial charge in [-0.3, -0.25) is 10.1 Å². The zero-order valence-corrected chi connectivity index (χ0v) is 17.8. The SMILES string of the molecule is Cc1cc(-c2c(-c3ccncc3)n[nH]c2C)cc(C)c1-c1cccc(S(N)(=O)=O)c1. The monoisotopic (exact) mass is 418 g/mol. The number of pyridine rings is 1. The molecule has 152 valence electrons. The molecular formula is C23H22N4O2S. The average Bonchev–Trinajstić information content (AvgIpc) is 3.09. The number of aryl methyl sites for hydroxylation is 3. The highest BCUT2D eigenvalue weighted by Crippen LogP contribution is 2.37. The van der Waals surface area contributed by atoms with Gasteiger partial charge in [0.15, 0.2) is 0 Å². The number of nitrogens with zero attached hydrogens (tertiary/aromatic N) is 2. The molecule has 0 unspecified atom stereocenters. The molecule has 0 amide bonds. The zero-order valence-electron chi connectivity index (χ0n) is 17.0. The summed E-state index contributed by atoms with van der Waals surface area (Å²) in [4.78, 5) is 4.19. The molecule has 0 saturated heterocycles. The maximum Gasteiger partial charge on any atom is 0.238 e. The van der Waals surface area contributed by atoms with Gasteiger partial charge in [0.2, 0.25) is 10.0 Å². The quantitative estimate of drug-likeness (QED) is 0.513. The third-order valence-corrected chi connectivity index (χ3v) is 6.08. The van der Waals surface area contributed by atoms with E-state index in [0.717, 1.165) is 50.3 Å². The van der Waals surface area contributed by atoms with E-state index < -0.39 is 10.0 Å². The molecule has 4 aromatic rings. The van der Waals surface area contributed by atoms with E-state index in [-0.39, 0.29) is 4.90 Å². The van der Waals surface area contributed by atoms with Crippen LogP contribution in [0.25, 0.3) is 33.5 Å². The smallest absolute Gasteiger partial charge is 0.238 e. The number of aromatic nitrogens is 3. The number of rotatable bonds is 4.